The minimum absolute atomic E-state index is 0.0272. The molecule has 0 radical (unpaired) electrons. The number of likely N-dealkylation sites (tertiary alicyclic amines) is 1. The monoisotopic (exact) mass is 408 g/mol. The number of hydrogen-bond donors (Lipinski definition) is 1. The van der Waals surface area contributed by atoms with Crippen molar-refractivity contribution in [1.29, 1.82) is 0 Å². The van der Waals surface area contributed by atoms with Crippen LogP contribution in [0.5, 0.6) is 0 Å². The van der Waals surface area contributed by atoms with Gasteiger partial charge in [-0.3, -0.25) is 9.89 Å². The third-order valence-corrected chi connectivity index (χ3v) is 6.33. The molecule has 1 amide bonds. The lowest BCUT2D eigenvalue weighted by atomic mass is 9.92. The molecule has 5 rings (SSSR count). The molecule has 2 fully saturated rings. The van der Waals surface area contributed by atoms with Crippen molar-refractivity contribution in [3.05, 3.63) is 35.4 Å². The molecule has 0 aromatic carbocycles. The van der Waals surface area contributed by atoms with Crippen molar-refractivity contribution in [1.82, 2.24) is 34.9 Å². The minimum atomic E-state index is -0.0515. The molecule has 2 unspecified atom stereocenters. The molecule has 9 heteroatoms. The molecule has 158 valence electrons. The van der Waals surface area contributed by atoms with Crippen molar-refractivity contribution in [2.24, 2.45) is 11.8 Å². The number of aromatic nitrogens is 6. The van der Waals surface area contributed by atoms with Crippen LogP contribution in [0.25, 0.3) is 5.65 Å². The predicted molar refractivity (Wildman–Crippen MR) is 113 cm³/mol. The fourth-order valence-electron chi connectivity index (χ4n) is 4.54. The molecule has 0 bridgehead atoms. The molecule has 5 heterocycles. The lowest BCUT2D eigenvalue weighted by Gasteiger charge is -2.22. The van der Waals surface area contributed by atoms with Crippen molar-refractivity contribution in [2.45, 2.75) is 39.5 Å². The predicted octanol–water partition coefficient (Wildman–Crippen LogP) is 1.92. The maximum atomic E-state index is 13.0. The molecule has 2 aliphatic heterocycles. The van der Waals surface area contributed by atoms with Crippen molar-refractivity contribution in [2.75, 3.05) is 31.1 Å². The first-order chi connectivity index (χ1) is 14.3. The van der Waals surface area contributed by atoms with E-state index in [1.807, 2.05) is 27.6 Å². The Morgan fingerprint density at radius 1 is 1.13 bits per heavy atom. The Bertz CT molecular complexity index is 1080. The van der Waals surface area contributed by atoms with E-state index in [9.17, 15) is 4.79 Å². The largest absolute Gasteiger partial charge is 0.354 e. The Balaban J connectivity index is 1.27. The Labute approximate surface area is 175 Å². The van der Waals surface area contributed by atoms with Gasteiger partial charge in [0, 0.05) is 55.5 Å². The number of nitrogens with one attached hydrogen (secondary N) is 1. The second kappa shape index (κ2) is 6.78. The van der Waals surface area contributed by atoms with Crippen molar-refractivity contribution >= 4 is 17.4 Å². The van der Waals surface area contributed by atoms with Gasteiger partial charge in [0.2, 0.25) is 0 Å². The van der Waals surface area contributed by atoms with Crippen molar-refractivity contribution < 1.29 is 4.79 Å². The van der Waals surface area contributed by atoms with Crippen LogP contribution in [-0.4, -0.2) is 67.0 Å². The zero-order chi connectivity index (χ0) is 21.0. The molecule has 3 aromatic rings. The molecule has 3 aromatic heterocycles. The third-order valence-electron chi connectivity index (χ3n) is 6.33. The van der Waals surface area contributed by atoms with Gasteiger partial charge in [-0.2, -0.15) is 9.61 Å². The van der Waals surface area contributed by atoms with Crippen LogP contribution < -0.4 is 4.90 Å². The van der Waals surface area contributed by atoms with Gasteiger partial charge >= 0.3 is 0 Å². The van der Waals surface area contributed by atoms with Crippen LogP contribution in [0.1, 0.15) is 49.7 Å². The average Bonchev–Trinajstić information content (AvgIpc) is 3.47. The summed E-state index contributed by atoms with van der Waals surface area (Å²) in [4.78, 5) is 17.2. The first kappa shape index (κ1) is 19.0. The molecule has 1 N–H and O–H groups in total. The topological polar surface area (TPSA) is 95.3 Å². The Hall–Kier alpha value is -2.97. The maximum absolute atomic E-state index is 13.0. The summed E-state index contributed by atoms with van der Waals surface area (Å²) in [5.74, 6) is 2.76. The van der Waals surface area contributed by atoms with E-state index in [1.165, 1.54) is 0 Å². The van der Waals surface area contributed by atoms with E-state index in [1.54, 1.807) is 0 Å². The smallest absolute Gasteiger partial charge is 0.274 e. The molecule has 0 saturated carbocycles. The summed E-state index contributed by atoms with van der Waals surface area (Å²) in [5.41, 5.74) is 2.23. The first-order valence-corrected chi connectivity index (χ1v) is 10.6. The van der Waals surface area contributed by atoms with Gasteiger partial charge in [-0.1, -0.05) is 27.7 Å². The Morgan fingerprint density at radius 3 is 2.50 bits per heavy atom. The fraction of sp³-hybridized carbons (Fsp3) is 0.571. The molecular formula is C21H28N8O. The molecule has 9 nitrogen and oxygen atoms in total. The lowest BCUT2D eigenvalue weighted by molar-refractivity contribution is 0.0776. The van der Waals surface area contributed by atoms with Crippen LogP contribution in [0.4, 0.5) is 5.82 Å². The first-order valence-electron chi connectivity index (χ1n) is 10.6. The van der Waals surface area contributed by atoms with Gasteiger partial charge in [-0.25, -0.2) is 0 Å². The number of nitrogens with zero attached hydrogens (tertiary/aromatic N) is 7. The summed E-state index contributed by atoms with van der Waals surface area (Å²) >= 11 is 0. The summed E-state index contributed by atoms with van der Waals surface area (Å²) in [6.07, 6.45) is 0.796. The van der Waals surface area contributed by atoms with Crippen molar-refractivity contribution in [3.63, 3.8) is 0 Å². The number of aryl methyl sites for hydroxylation is 1. The fourth-order valence-corrected chi connectivity index (χ4v) is 4.54. The molecular weight excluding hydrogens is 380 g/mol. The van der Waals surface area contributed by atoms with E-state index in [4.69, 9.17) is 5.10 Å². The van der Waals surface area contributed by atoms with Gasteiger partial charge < -0.3 is 9.80 Å². The van der Waals surface area contributed by atoms with Crippen LogP contribution in [0.3, 0.4) is 0 Å². The molecule has 30 heavy (non-hydrogen) atoms. The van der Waals surface area contributed by atoms with Crippen LogP contribution >= 0.6 is 0 Å². The number of hydrogen-bond acceptors (Lipinski definition) is 6. The van der Waals surface area contributed by atoms with Crippen LogP contribution in [0, 0.1) is 11.8 Å². The second-order valence-electron chi connectivity index (χ2n) is 9.48. The SMILES string of the molecule is CCc1nnc2ccc(N3CC4CN(C(=O)c5cc(C(C)(C)C)[nH]n5)CC4C3)nn12. The number of amides is 1. The van der Waals surface area contributed by atoms with Gasteiger partial charge in [-0.15, -0.1) is 15.3 Å². The standard InChI is InChI=1S/C21H28N8O/c1-5-17-24-25-18-6-7-19(26-29(17)18)27-9-13-11-28(12-14(13)10-27)20(30)15-8-16(23-22-15)21(2,3)4/h6-8,13-14H,5,9-12H2,1-4H3,(H,22,23). The van der Waals surface area contributed by atoms with E-state index in [2.05, 4.69) is 53.0 Å². The summed E-state index contributed by atoms with van der Waals surface area (Å²) < 4.78 is 1.84. The number of rotatable bonds is 3. The number of aromatic amines is 1. The van der Waals surface area contributed by atoms with E-state index in [-0.39, 0.29) is 11.3 Å². The van der Waals surface area contributed by atoms with Crippen LogP contribution in [0.15, 0.2) is 18.2 Å². The Kier molecular flexibility index (Phi) is 4.30. The summed E-state index contributed by atoms with van der Waals surface area (Å²) in [6.45, 7) is 11.7. The zero-order valence-electron chi connectivity index (χ0n) is 18.0. The number of fused-ring (bicyclic) bond motifs is 2. The van der Waals surface area contributed by atoms with Crippen LogP contribution in [-0.2, 0) is 11.8 Å². The number of anilines is 1. The van der Waals surface area contributed by atoms with E-state index in [0.717, 1.165) is 55.6 Å². The molecule has 0 aliphatic carbocycles. The van der Waals surface area contributed by atoms with Gasteiger partial charge in [0.1, 0.15) is 11.5 Å². The molecule has 2 atom stereocenters. The van der Waals surface area contributed by atoms with Gasteiger partial charge in [0.25, 0.3) is 5.91 Å². The minimum Gasteiger partial charge on any atom is -0.354 e. The highest BCUT2D eigenvalue weighted by Gasteiger charge is 2.42. The van der Waals surface area contributed by atoms with E-state index >= 15 is 0 Å². The van der Waals surface area contributed by atoms with Crippen molar-refractivity contribution in [3.8, 4) is 0 Å². The van der Waals surface area contributed by atoms with Crippen LogP contribution in [0.2, 0.25) is 0 Å². The average molecular weight is 409 g/mol. The normalized spacial score (nSPS) is 21.6. The summed E-state index contributed by atoms with van der Waals surface area (Å²) in [6, 6.07) is 5.89. The highest BCUT2D eigenvalue weighted by Crippen LogP contribution is 2.34. The van der Waals surface area contributed by atoms with Gasteiger partial charge in [0.05, 0.1) is 0 Å². The maximum Gasteiger partial charge on any atom is 0.274 e. The highest BCUT2D eigenvalue weighted by molar-refractivity contribution is 5.92. The third kappa shape index (κ3) is 3.12. The summed E-state index contributed by atoms with van der Waals surface area (Å²) in [7, 11) is 0. The molecule has 2 aliphatic rings. The summed E-state index contributed by atoms with van der Waals surface area (Å²) in [5, 5.41) is 20.4. The zero-order valence-corrected chi connectivity index (χ0v) is 18.0. The highest BCUT2D eigenvalue weighted by atomic mass is 16.2. The number of carbonyl (C=O) groups is 1. The van der Waals surface area contributed by atoms with Gasteiger partial charge in [-0.05, 0) is 18.2 Å². The van der Waals surface area contributed by atoms with Gasteiger partial charge in [0.15, 0.2) is 11.5 Å². The Morgan fingerprint density at radius 2 is 1.87 bits per heavy atom. The second-order valence-corrected chi connectivity index (χ2v) is 9.48. The number of H-pyrrole nitrogens is 1. The number of carbonyl (C=O) groups excluding carboxylic acids is 1. The molecule has 0 spiro atoms. The van der Waals surface area contributed by atoms with E-state index < -0.39 is 0 Å². The van der Waals surface area contributed by atoms with E-state index in [0.29, 0.717) is 17.5 Å². The lowest BCUT2D eigenvalue weighted by Crippen LogP contribution is -2.33. The quantitative estimate of drug-likeness (QED) is 0.711. The molecule has 2 saturated heterocycles.